The van der Waals surface area contributed by atoms with Crippen molar-refractivity contribution in [3.05, 3.63) is 29.8 Å². The van der Waals surface area contributed by atoms with Gasteiger partial charge in [-0.3, -0.25) is 4.79 Å². The van der Waals surface area contributed by atoms with Crippen LogP contribution in [0.3, 0.4) is 0 Å². The van der Waals surface area contributed by atoms with Crippen molar-refractivity contribution in [3.63, 3.8) is 0 Å². The molecule has 18 heavy (non-hydrogen) atoms. The van der Waals surface area contributed by atoms with Crippen LogP contribution in [-0.4, -0.2) is 44.0 Å². The summed E-state index contributed by atoms with van der Waals surface area (Å²) in [6.45, 7) is 0.786. The largest absolute Gasteiger partial charge is 0.350 e. The minimum Gasteiger partial charge on any atom is -0.350 e. The Labute approximate surface area is 112 Å². The molecular formula is C12H17N3O2S. The molecule has 0 aromatic heterocycles. The smallest absolute Gasteiger partial charge is 0.316 e. The molecule has 0 aliphatic rings. The number of nitrogens with one attached hydrogen (secondary N) is 2. The van der Waals surface area contributed by atoms with E-state index in [-0.39, 0.29) is 11.9 Å². The van der Waals surface area contributed by atoms with E-state index >= 15 is 0 Å². The molecule has 0 unspecified atom stereocenters. The van der Waals surface area contributed by atoms with Gasteiger partial charge in [-0.05, 0) is 24.3 Å². The van der Waals surface area contributed by atoms with Crippen molar-refractivity contribution in [2.45, 2.75) is 4.90 Å². The number of nitrogens with zero attached hydrogens (tertiary/aromatic N) is 1. The van der Waals surface area contributed by atoms with Crippen molar-refractivity contribution >= 4 is 24.6 Å². The van der Waals surface area contributed by atoms with E-state index in [1.54, 1.807) is 38.4 Å². The number of rotatable bonds is 4. The van der Waals surface area contributed by atoms with Gasteiger partial charge in [0.15, 0.2) is 0 Å². The first kappa shape index (κ1) is 14.4. The molecule has 2 N–H and O–H groups in total. The molecule has 0 fully saturated rings. The number of hydrogen-bond acceptors (Lipinski definition) is 3. The summed E-state index contributed by atoms with van der Waals surface area (Å²) in [6, 6.07) is 6.74. The Kier molecular flexibility index (Phi) is 5.51. The van der Waals surface area contributed by atoms with Crippen LogP contribution in [0.4, 0.5) is 4.79 Å². The van der Waals surface area contributed by atoms with Crippen molar-refractivity contribution < 1.29 is 9.59 Å². The molecule has 6 heteroatoms. The molecule has 0 atom stereocenters. The number of amides is 3. The Bertz CT molecular complexity index is 418. The van der Waals surface area contributed by atoms with E-state index in [9.17, 15) is 9.59 Å². The highest BCUT2D eigenvalue weighted by Gasteiger charge is 2.05. The lowest BCUT2D eigenvalue weighted by molar-refractivity contribution is 0.0953. The van der Waals surface area contributed by atoms with Gasteiger partial charge >= 0.3 is 6.03 Å². The molecule has 0 spiro atoms. The maximum Gasteiger partial charge on any atom is 0.316 e. The van der Waals surface area contributed by atoms with Crippen molar-refractivity contribution in [2.24, 2.45) is 0 Å². The Morgan fingerprint density at radius 1 is 1.11 bits per heavy atom. The fraction of sp³-hybridized carbons (Fsp3) is 0.333. The van der Waals surface area contributed by atoms with Crippen LogP contribution in [0.25, 0.3) is 0 Å². The van der Waals surface area contributed by atoms with Crippen molar-refractivity contribution in [3.8, 4) is 0 Å². The van der Waals surface area contributed by atoms with E-state index in [2.05, 4.69) is 23.3 Å². The van der Waals surface area contributed by atoms with Gasteiger partial charge in [-0.25, -0.2) is 4.79 Å². The molecule has 0 saturated heterocycles. The third-order valence-corrected chi connectivity index (χ3v) is 2.52. The van der Waals surface area contributed by atoms with Crippen LogP contribution in [-0.2, 0) is 0 Å². The quantitative estimate of drug-likeness (QED) is 0.562. The number of hydrogen-bond donors (Lipinski definition) is 3. The molecule has 1 aromatic rings. The highest BCUT2D eigenvalue weighted by Crippen LogP contribution is 2.07. The average Bonchev–Trinajstić information content (AvgIpc) is 2.34. The van der Waals surface area contributed by atoms with E-state index in [0.29, 0.717) is 18.7 Å². The van der Waals surface area contributed by atoms with E-state index in [0.717, 1.165) is 4.90 Å². The van der Waals surface area contributed by atoms with Gasteiger partial charge in [-0.2, -0.15) is 0 Å². The summed E-state index contributed by atoms with van der Waals surface area (Å²) in [7, 11) is 3.32. The molecule has 0 bridgehead atoms. The van der Waals surface area contributed by atoms with Crippen LogP contribution < -0.4 is 10.6 Å². The third kappa shape index (κ3) is 4.67. The minimum absolute atomic E-state index is 0.164. The van der Waals surface area contributed by atoms with Crippen LogP contribution in [0.15, 0.2) is 29.2 Å². The first-order valence-electron chi connectivity index (χ1n) is 5.53. The Balaban J connectivity index is 2.29. The first-order chi connectivity index (χ1) is 8.50. The molecule has 1 rings (SSSR count). The molecule has 3 amide bonds. The van der Waals surface area contributed by atoms with Crippen molar-refractivity contribution in [1.29, 1.82) is 0 Å². The maximum atomic E-state index is 11.7. The number of carbonyl (C=O) groups excluding carboxylic acids is 2. The number of benzene rings is 1. The maximum absolute atomic E-state index is 11.7. The normalized spacial score (nSPS) is 9.72. The fourth-order valence-corrected chi connectivity index (χ4v) is 1.37. The lowest BCUT2D eigenvalue weighted by Crippen LogP contribution is -2.39. The van der Waals surface area contributed by atoms with Gasteiger partial charge in [0.25, 0.3) is 5.91 Å². The SMILES string of the molecule is CN(C)C(=O)NCCNC(=O)c1ccc(S)cc1. The Hall–Kier alpha value is -1.69. The number of carbonyl (C=O) groups is 2. The lowest BCUT2D eigenvalue weighted by atomic mass is 10.2. The second-order valence-corrected chi connectivity index (χ2v) is 4.45. The second-order valence-electron chi connectivity index (χ2n) is 3.93. The zero-order valence-electron chi connectivity index (χ0n) is 10.4. The van der Waals surface area contributed by atoms with Crippen LogP contribution in [0.1, 0.15) is 10.4 Å². The summed E-state index contributed by atoms with van der Waals surface area (Å²) < 4.78 is 0. The van der Waals surface area contributed by atoms with Crippen LogP contribution in [0.5, 0.6) is 0 Å². The number of urea groups is 1. The highest BCUT2D eigenvalue weighted by molar-refractivity contribution is 7.80. The molecule has 0 saturated carbocycles. The number of thiol groups is 1. The standard InChI is InChI=1S/C12H17N3O2S/c1-15(2)12(17)14-8-7-13-11(16)9-3-5-10(18)6-4-9/h3-6,18H,7-8H2,1-2H3,(H,13,16)(H,14,17). The van der Waals surface area contributed by atoms with Crippen LogP contribution in [0.2, 0.25) is 0 Å². The fourth-order valence-electron chi connectivity index (χ4n) is 1.22. The van der Waals surface area contributed by atoms with E-state index in [1.165, 1.54) is 4.90 Å². The summed E-state index contributed by atoms with van der Waals surface area (Å²) in [4.78, 5) is 25.1. The predicted molar refractivity (Wildman–Crippen MR) is 73.1 cm³/mol. The molecule has 0 aliphatic carbocycles. The van der Waals surface area contributed by atoms with Gasteiger partial charge in [-0.1, -0.05) is 0 Å². The average molecular weight is 267 g/mol. The van der Waals surface area contributed by atoms with E-state index in [4.69, 9.17) is 0 Å². The summed E-state index contributed by atoms with van der Waals surface area (Å²) in [5.74, 6) is -0.164. The molecule has 0 radical (unpaired) electrons. The topological polar surface area (TPSA) is 61.4 Å². The zero-order valence-corrected chi connectivity index (χ0v) is 11.3. The lowest BCUT2D eigenvalue weighted by Gasteiger charge is -2.12. The Morgan fingerprint density at radius 2 is 1.67 bits per heavy atom. The van der Waals surface area contributed by atoms with Gasteiger partial charge in [0.2, 0.25) is 0 Å². The van der Waals surface area contributed by atoms with Gasteiger partial charge in [0.1, 0.15) is 0 Å². The minimum atomic E-state index is -0.177. The molecule has 0 heterocycles. The Morgan fingerprint density at radius 3 is 2.22 bits per heavy atom. The zero-order chi connectivity index (χ0) is 13.5. The molecule has 5 nitrogen and oxygen atoms in total. The summed E-state index contributed by atoms with van der Waals surface area (Å²) in [5.41, 5.74) is 0.576. The molecule has 1 aromatic carbocycles. The van der Waals surface area contributed by atoms with Crippen LogP contribution in [0, 0.1) is 0 Å². The van der Waals surface area contributed by atoms with Crippen LogP contribution >= 0.6 is 12.6 Å². The molecular weight excluding hydrogens is 250 g/mol. The summed E-state index contributed by atoms with van der Waals surface area (Å²) >= 11 is 4.14. The third-order valence-electron chi connectivity index (χ3n) is 2.22. The summed E-state index contributed by atoms with van der Waals surface area (Å²) in [6.07, 6.45) is 0. The van der Waals surface area contributed by atoms with E-state index < -0.39 is 0 Å². The van der Waals surface area contributed by atoms with Crippen molar-refractivity contribution in [1.82, 2.24) is 15.5 Å². The van der Waals surface area contributed by atoms with Gasteiger partial charge < -0.3 is 15.5 Å². The predicted octanol–water partition coefficient (Wildman–Crippen LogP) is 0.976. The monoisotopic (exact) mass is 267 g/mol. The van der Waals surface area contributed by atoms with E-state index in [1.807, 2.05) is 0 Å². The van der Waals surface area contributed by atoms with Crippen molar-refractivity contribution in [2.75, 3.05) is 27.2 Å². The molecule has 0 aliphatic heterocycles. The molecule has 98 valence electrons. The van der Waals surface area contributed by atoms with Gasteiger partial charge in [-0.15, -0.1) is 12.6 Å². The summed E-state index contributed by atoms with van der Waals surface area (Å²) in [5, 5.41) is 5.37. The first-order valence-corrected chi connectivity index (χ1v) is 5.98. The second kappa shape index (κ2) is 6.90. The van der Waals surface area contributed by atoms with Gasteiger partial charge in [0, 0.05) is 37.6 Å². The highest BCUT2D eigenvalue weighted by atomic mass is 32.1. The van der Waals surface area contributed by atoms with Gasteiger partial charge in [0.05, 0.1) is 0 Å².